The lowest BCUT2D eigenvalue weighted by molar-refractivity contribution is 0.431. The molecule has 0 aliphatic carbocycles. The molecule has 1 fully saturated rings. The molecule has 1 atom stereocenters. The summed E-state index contributed by atoms with van der Waals surface area (Å²) >= 11 is 12.3. The van der Waals surface area contributed by atoms with Crippen molar-refractivity contribution in [3.8, 4) is 0 Å². The first kappa shape index (κ1) is 17.2. The lowest BCUT2D eigenvalue weighted by Crippen LogP contribution is -2.51. The van der Waals surface area contributed by atoms with Crippen LogP contribution in [-0.2, 0) is 6.54 Å². The van der Waals surface area contributed by atoms with Gasteiger partial charge in [0.15, 0.2) is 0 Å². The van der Waals surface area contributed by atoms with E-state index in [4.69, 9.17) is 23.2 Å². The summed E-state index contributed by atoms with van der Waals surface area (Å²) in [5.74, 6) is 0. The Labute approximate surface area is 150 Å². The van der Waals surface area contributed by atoms with E-state index in [9.17, 15) is 4.79 Å². The minimum Gasteiger partial charge on any atom is -0.381 e. The second-order valence-electron chi connectivity index (χ2n) is 5.66. The van der Waals surface area contributed by atoms with Gasteiger partial charge in [0.05, 0.1) is 18.4 Å². The minimum atomic E-state index is -0.337. The Morgan fingerprint density at radius 2 is 2.12 bits per heavy atom. The average Bonchev–Trinajstić information content (AvgIpc) is 2.61. The first-order valence-electron chi connectivity index (χ1n) is 7.82. The summed E-state index contributed by atoms with van der Waals surface area (Å²) in [6.07, 6.45) is 1.58. The molecule has 1 unspecified atom stereocenters. The third-order valence-electron chi connectivity index (χ3n) is 3.93. The molecule has 0 bridgehead atoms. The quantitative estimate of drug-likeness (QED) is 0.748. The van der Waals surface area contributed by atoms with Crippen molar-refractivity contribution in [1.29, 1.82) is 0 Å². The fourth-order valence-corrected chi connectivity index (χ4v) is 2.99. The van der Waals surface area contributed by atoms with Crippen molar-refractivity contribution in [3.05, 3.63) is 56.4 Å². The highest BCUT2D eigenvalue weighted by Gasteiger charge is 2.14. The highest BCUT2D eigenvalue weighted by molar-refractivity contribution is 6.33. The van der Waals surface area contributed by atoms with Crippen LogP contribution in [0.5, 0.6) is 0 Å². The van der Waals surface area contributed by atoms with Crippen molar-refractivity contribution in [3.63, 3.8) is 0 Å². The topological polar surface area (TPSA) is 71.0 Å². The monoisotopic (exact) mass is 367 g/mol. The largest absolute Gasteiger partial charge is 0.381 e. The van der Waals surface area contributed by atoms with E-state index in [1.165, 1.54) is 4.68 Å². The Morgan fingerprint density at radius 1 is 1.29 bits per heavy atom. The van der Waals surface area contributed by atoms with Gasteiger partial charge < -0.3 is 16.0 Å². The second kappa shape index (κ2) is 7.98. The maximum atomic E-state index is 12.4. The zero-order chi connectivity index (χ0) is 16.9. The van der Waals surface area contributed by atoms with Gasteiger partial charge in [-0.05, 0) is 11.6 Å². The highest BCUT2D eigenvalue weighted by atomic mass is 35.5. The number of hydrogen-bond acceptors (Lipinski definition) is 5. The summed E-state index contributed by atoms with van der Waals surface area (Å²) < 4.78 is 1.31. The van der Waals surface area contributed by atoms with E-state index in [1.807, 2.05) is 18.2 Å². The van der Waals surface area contributed by atoms with E-state index in [1.54, 1.807) is 12.3 Å². The third-order valence-corrected chi connectivity index (χ3v) is 4.66. The maximum Gasteiger partial charge on any atom is 0.287 e. The lowest BCUT2D eigenvalue weighted by atomic mass is 10.2. The molecule has 0 amide bonds. The summed E-state index contributed by atoms with van der Waals surface area (Å²) in [5, 5.41) is 14.8. The van der Waals surface area contributed by atoms with Crippen LogP contribution in [0.4, 0.5) is 5.69 Å². The van der Waals surface area contributed by atoms with Crippen LogP contribution in [0, 0.1) is 0 Å². The van der Waals surface area contributed by atoms with Crippen molar-refractivity contribution in [2.24, 2.45) is 0 Å². The van der Waals surface area contributed by atoms with Crippen molar-refractivity contribution < 1.29 is 0 Å². The van der Waals surface area contributed by atoms with Gasteiger partial charge in [-0.1, -0.05) is 41.4 Å². The molecule has 8 heteroatoms. The van der Waals surface area contributed by atoms with E-state index in [2.05, 4.69) is 21.0 Å². The van der Waals surface area contributed by atoms with Crippen molar-refractivity contribution in [1.82, 2.24) is 20.4 Å². The van der Waals surface area contributed by atoms with Gasteiger partial charge in [-0.25, -0.2) is 4.68 Å². The normalized spacial score (nSPS) is 17.7. The molecule has 128 valence electrons. The average molecular weight is 368 g/mol. The SMILES string of the molecule is O=c1c(Cl)c(NCC2CNCCN2)cnn1Cc1ccccc1Cl. The zero-order valence-electron chi connectivity index (χ0n) is 13.1. The van der Waals surface area contributed by atoms with Crippen molar-refractivity contribution >= 4 is 28.9 Å². The molecule has 6 nitrogen and oxygen atoms in total. The van der Waals surface area contributed by atoms with Crippen molar-refractivity contribution in [2.75, 3.05) is 31.5 Å². The number of hydrogen-bond donors (Lipinski definition) is 3. The van der Waals surface area contributed by atoms with E-state index in [0.717, 1.165) is 25.2 Å². The smallest absolute Gasteiger partial charge is 0.287 e. The van der Waals surface area contributed by atoms with Gasteiger partial charge in [0.2, 0.25) is 0 Å². The molecule has 24 heavy (non-hydrogen) atoms. The van der Waals surface area contributed by atoms with Crippen LogP contribution in [0.1, 0.15) is 5.56 Å². The molecule has 0 radical (unpaired) electrons. The van der Waals surface area contributed by atoms with Gasteiger partial charge in [-0.15, -0.1) is 0 Å². The predicted octanol–water partition coefficient (Wildman–Crippen LogP) is 1.57. The fourth-order valence-electron chi connectivity index (χ4n) is 2.58. The molecule has 0 saturated carbocycles. The molecule has 1 aromatic carbocycles. The number of rotatable bonds is 5. The Morgan fingerprint density at radius 3 is 2.88 bits per heavy atom. The van der Waals surface area contributed by atoms with E-state index < -0.39 is 0 Å². The number of nitrogens with one attached hydrogen (secondary N) is 3. The summed E-state index contributed by atoms with van der Waals surface area (Å²) in [6.45, 7) is 3.73. The standard InChI is InChI=1S/C16H19Cl2N5O/c17-13-4-2-1-3-11(13)10-23-16(24)15(18)14(9-22-23)21-8-12-7-19-5-6-20-12/h1-4,9,12,19-21H,5-8,10H2. The summed E-state index contributed by atoms with van der Waals surface area (Å²) in [5.41, 5.74) is 1.03. The fraction of sp³-hybridized carbons (Fsp3) is 0.375. The molecular formula is C16H19Cl2N5O. The van der Waals surface area contributed by atoms with Gasteiger partial charge in [0.1, 0.15) is 5.02 Å². The Bertz CT molecular complexity index is 758. The first-order chi connectivity index (χ1) is 11.6. The summed E-state index contributed by atoms with van der Waals surface area (Å²) in [4.78, 5) is 12.4. The molecule has 1 aliphatic rings. The van der Waals surface area contributed by atoms with Crippen LogP contribution < -0.4 is 21.5 Å². The molecule has 1 aliphatic heterocycles. The highest BCUT2D eigenvalue weighted by Crippen LogP contribution is 2.18. The van der Waals surface area contributed by atoms with Crippen LogP contribution in [0.15, 0.2) is 35.3 Å². The van der Waals surface area contributed by atoms with E-state index in [-0.39, 0.29) is 17.1 Å². The van der Waals surface area contributed by atoms with Gasteiger partial charge in [0, 0.05) is 37.2 Å². The number of piperazine rings is 1. The van der Waals surface area contributed by atoms with E-state index in [0.29, 0.717) is 23.3 Å². The summed E-state index contributed by atoms with van der Waals surface area (Å²) in [7, 11) is 0. The van der Waals surface area contributed by atoms with Crippen LogP contribution in [-0.4, -0.2) is 42.0 Å². The molecule has 2 heterocycles. The zero-order valence-corrected chi connectivity index (χ0v) is 14.6. The Hall–Kier alpha value is -1.60. The van der Waals surface area contributed by atoms with Gasteiger partial charge in [-0.3, -0.25) is 4.79 Å². The van der Waals surface area contributed by atoms with E-state index >= 15 is 0 Å². The molecule has 0 spiro atoms. The lowest BCUT2D eigenvalue weighted by Gasteiger charge is -2.25. The number of benzene rings is 1. The minimum absolute atomic E-state index is 0.140. The number of nitrogens with zero attached hydrogens (tertiary/aromatic N) is 2. The van der Waals surface area contributed by atoms with Gasteiger partial charge in [-0.2, -0.15) is 5.10 Å². The Kier molecular flexibility index (Phi) is 5.73. The Balaban J connectivity index is 1.71. The maximum absolute atomic E-state index is 12.4. The van der Waals surface area contributed by atoms with Crippen molar-refractivity contribution in [2.45, 2.75) is 12.6 Å². The number of halogens is 2. The first-order valence-corrected chi connectivity index (χ1v) is 8.58. The summed E-state index contributed by atoms with van der Waals surface area (Å²) in [6, 6.07) is 7.65. The van der Waals surface area contributed by atoms with Crippen LogP contribution in [0.2, 0.25) is 10.0 Å². The second-order valence-corrected chi connectivity index (χ2v) is 6.45. The molecule has 1 aromatic heterocycles. The van der Waals surface area contributed by atoms with Crippen LogP contribution >= 0.6 is 23.2 Å². The van der Waals surface area contributed by atoms with Crippen LogP contribution in [0.25, 0.3) is 0 Å². The number of anilines is 1. The predicted molar refractivity (Wildman–Crippen MR) is 97.2 cm³/mol. The molecule has 2 aromatic rings. The molecular weight excluding hydrogens is 349 g/mol. The van der Waals surface area contributed by atoms with Gasteiger partial charge >= 0.3 is 0 Å². The van der Waals surface area contributed by atoms with Gasteiger partial charge in [0.25, 0.3) is 5.56 Å². The van der Waals surface area contributed by atoms with Crippen LogP contribution in [0.3, 0.4) is 0 Å². The third kappa shape index (κ3) is 4.08. The molecule has 3 N–H and O–H groups in total. The number of aromatic nitrogens is 2. The molecule has 3 rings (SSSR count). The molecule has 1 saturated heterocycles.